The second-order valence-corrected chi connectivity index (χ2v) is 9.87. The van der Waals surface area contributed by atoms with Gasteiger partial charge in [0.25, 0.3) is 0 Å². The standard InChI is InChI=1S/C22H24N2O4/c1-28-18(26)24-15-6-3-2-5-13(15)22-14-11-23-10-4-7-19(17(22)23)8-9-21(22,24)20(27,12-19)16(14)25/h2-3,5-6,14,17,27H,4,7-12H2,1H3/t14?,17-,19?,20?,21?,22-/m1/s1. The van der Waals surface area contributed by atoms with E-state index in [1.807, 2.05) is 18.2 Å². The summed E-state index contributed by atoms with van der Waals surface area (Å²) in [6, 6.07) is 8.22. The van der Waals surface area contributed by atoms with Gasteiger partial charge in [-0.1, -0.05) is 18.2 Å². The van der Waals surface area contributed by atoms with Crippen molar-refractivity contribution in [2.24, 2.45) is 11.3 Å². The van der Waals surface area contributed by atoms with Crippen LogP contribution in [0.25, 0.3) is 0 Å². The molecule has 1 aromatic rings. The molecule has 3 spiro atoms. The van der Waals surface area contributed by atoms with Crippen LogP contribution < -0.4 is 4.90 Å². The van der Waals surface area contributed by atoms with Crippen molar-refractivity contribution in [1.29, 1.82) is 0 Å². The van der Waals surface area contributed by atoms with Gasteiger partial charge in [0.2, 0.25) is 0 Å². The lowest BCUT2D eigenvalue weighted by atomic mass is 9.40. The second kappa shape index (κ2) is 4.31. The maximum atomic E-state index is 13.8. The van der Waals surface area contributed by atoms with Crippen molar-refractivity contribution >= 4 is 17.6 Å². The fourth-order valence-electron chi connectivity index (χ4n) is 9.19. The number of nitrogens with zero attached hydrogens (tertiary/aromatic N) is 2. The van der Waals surface area contributed by atoms with Gasteiger partial charge < -0.3 is 9.84 Å². The van der Waals surface area contributed by atoms with Gasteiger partial charge in [-0.25, -0.2) is 4.79 Å². The lowest BCUT2D eigenvalue weighted by molar-refractivity contribution is -0.194. The molecular weight excluding hydrogens is 356 g/mol. The summed E-state index contributed by atoms with van der Waals surface area (Å²) in [6.45, 7) is 1.71. The molecule has 6 heteroatoms. The molecule has 7 aliphatic rings. The Labute approximate surface area is 163 Å². The van der Waals surface area contributed by atoms with Gasteiger partial charge in [0.15, 0.2) is 5.78 Å². The first-order valence-electron chi connectivity index (χ1n) is 10.5. The number of rotatable bonds is 0. The number of para-hydroxylation sites is 1. The molecule has 1 N–H and O–H groups in total. The van der Waals surface area contributed by atoms with Gasteiger partial charge in [0.1, 0.15) is 5.60 Å². The predicted octanol–water partition coefficient (Wildman–Crippen LogP) is 1.84. The van der Waals surface area contributed by atoms with Crippen molar-refractivity contribution in [3.63, 3.8) is 0 Å². The van der Waals surface area contributed by atoms with Gasteiger partial charge >= 0.3 is 6.09 Å². The van der Waals surface area contributed by atoms with Crippen molar-refractivity contribution in [2.45, 2.75) is 54.7 Å². The number of benzene rings is 1. The smallest absolute Gasteiger partial charge is 0.414 e. The van der Waals surface area contributed by atoms with Gasteiger partial charge in [0, 0.05) is 18.5 Å². The Morgan fingerprint density at radius 2 is 2.07 bits per heavy atom. The van der Waals surface area contributed by atoms with Crippen LogP contribution in [0.1, 0.15) is 37.7 Å². The molecule has 4 bridgehead atoms. The molecule has 0 aromatic heterocycles. The Hall–Kier alpha value is -1.92. The zero-order valence-electron chi connectivity index (χ0n) is 16.0. The largest absolute Gasteiger partial charge is 0.452 e. The Balaban J connectivity index is 1.65. The fourth-order valence-corrected chi connectivity index (χ4v) is 9.19. The number of ketones is 1. The van der Waals surface area contributed by atoms with Crippen LogP contribution in [-0.2, 0) is 14.9 Å². The molecule has 0 radical (unpaired) electrons. The van der Waals surface area contributed by atoms with E-state index in [0.717, 1.165) is 37.1 Å². The summed E-state index contributed by atoms with van der Waals surface area (Å²) in [4.78, 5) is 31.1. The summed E-state index contributed by atoms with van der Waals surface area (Å²) in [6.07, 6.45) is 3.84. The lowest BCUT2D eigenvalue weighted by Crippen LogP contribution is -2.82. The number of hydrogen-bond acceptors (Lipinski definition) is 5. The molecule has 4 unspecified atom stereocenters. The fraction of sp³-hybridized carbons (Fsp3) is 0.636. The van der Waals surface area contributed by atoms with Crippen LogP contribution in [0.4, 0.5) is 10.5 Å². The molecule has 2 saturated heterocycles. The third kappa shape index (κ3) is 1.16. The summed E-state index contributed by atoms with van der Waals surface area (Å²) < 4.78 is 5.22. The molecule has 1 aromatic carbocycles. The third-order valence-corrected chi connectivity index (χ3v) is 9.48. The number of piperidine rings is 1. The molecular formula is C22H24N2O4. The quantitative estimate of drug-likeness (QED) is 0.744. The summed E-state index contributed by atoms with van der Waals surface area (Å²) in [5.41, 5.74) is -1.04. The molecule has 6 atom stereocenters. The van der Waals surface area contributed by atoms with Crippen molar-refractivity contribution in [3.05, 3.63) is 29.8 Å². The molecule has 6 nitrogen and oxygen atoms in total. The van der Waals surface area contributed by atoms with E-state index in [0.29, 0.717) is 19.4 Å². The highest BCUT2D eigenvalue weighted by Gasteiger charge is 2.93. The Morgan fingerprint density at radius 1 is 1.25 bits per heavy atom. The van der Waals surface area contributed by atoms with Crippen LogP contribution in [0.2, 0.25) is 0 Å². The first-order chi connectivity index (χ1) is 13.5. The number of amides is 1. The normalized spacial score (nSPS) is 49.4. The molecule has 3 aliphatic heterocycles. The van der Waals surface area contributed by atoms with E-state index in [4.69, 9.17) is 4.74 Å². The summed E-state index contributed by atoms with van der Waals surface area (Å²) in [5.74, 6) is -0.287. The van der Waals surface area contributed by atoms with Crippen molar-refractivity contribution in [3.8, 4) is 0 Å². The Kier molecular flexibility index (Phi) is 2.45. The number of aliphatic hydroxyl groups is 1. The molecule has 4 aliphatic carbocycles. The van der Waals surface area contributed by atoms with Crippen LogP contribution >= 0.6 is 0 Å². The summed E-state index contributed by atoms with van der Waals surface area (Å²) in [5, 5.41) is 12.1. The highest BCUT2D eigenvalue weighted by molar-refractivity contribution is 6.07. The van der Waals surface area contributed by atoms with Gasteiger partial charge in [-0.05, 0) is 55.7 Å². The van der Waals surface area contributed by atoms with E-state index in [1.54, 1.807) is 4.90 Å². The minimum absolute atomic E-state index is 0.0328. The zero-order chi connectivity index (χ0) is 19.1. The van der Waals surface area contributed by atoms with Gasteiger partial charge in [-0.3, -0.25) is 14.6 Å². The van der Waals surface area contributed by atoms with Crippen LogP contribution in [-0.4, -0.2) is 59.3 Å². The summed E-state index contributed by atoms with van der Waals surface area (Å²) in [7, 11) is 1.39. The molecule has 1 amide bonds. The number of carbonyl (C=O) groups is 2. The molecule has 3 heterocycles. The Morgan fingerprint density at radius 3 is 2.89 bits per heavy atom. The lowest BCUT2D eigenvalue weighted by Gasteiger charge is -2.69. The number of fused-ring (bicyclic) bond motifs is 2. The number of anilines is 1. The van der Waals surface area contributed by atoms with Crippen LogP contribution in [0, 0.1) is 11.3 Å². The predicted molar refractivity (Wildman–Crippen MR) is 100 cm³/mol. The highest BCUT2D eigenvalue weighted by atomic mass is 16.5. The van der Waals surface area contributed by atoms with E-state index in [2.05, 4.69) is 11.0 Å². The average Bonchev–Trinajstić information content (AvgIpc) is 3.23. The van der Waals surface area contributed by atoms with E-state index >= 15 is 0 Å². The maximum absolute atomic E-state index is 13.8. The third-order valence-electron chi connectivity index (χ3n) is 9.48. The van der Waals surface area contributed by atoms with Gasteiger partial charge in [-0.15, -0.1) is 0 Å². The topological polar surface area (TPSA) is 70.1 Å². The zero-order valence-corrected chi connectivity index (χ0v) is 16.0. The summed E-state index contributed by atoms with van der Waals surface area (Å²) >= 11 is 0. The number of hydrogen-bond donors (Lipinski definition) is 1. The molecule has 8 rings (SSSR count). The second-order valence-electron chi connectivity index (χ2n) is 9.87. The van der Waals surface area contributed by atoms with E-state index in [9.17, 15) is 14.7 Å². The Bertz CT molecular complexity index is 979. The van der Waals surface area contributed by atoms with Crippen molar-refractivity contribution < 1.29 is 19.4 Å². The van der Waals surface area contributed by atoms with Gasteiger partial charge in [0.05, 0.1) is 23.8 Å². The minimum Gasteiger partial charge on any atom is -0.452 e. The number of Topliss-reactive ketones (excluding diaryl/α,β-unsaturated/α-hetero) is 1. The van der Waals surface area contributed by atoms with Crippen molar-refractivity contribution in [1.82, 2.24) is 4.90 Å². The number of methoxy groups -OCH3 is 1. The highest BCUT2D eigenvalue weighted by Crippen LogP contribution is 2.81. The van der Waals surface area contributed by atoms with E-state index in [-0.39, 0.29) is 23.2 Å². The minimum atomic E-state index is -1.48. The van der Waals surface area contributed by atoms with E-state index < -0.39 is 22.6 Å². The first-order valence-corrected chi connectivity index (χ1v) is 10.5. The van der Waals surface area contributed by atoms with Crippen LogP contribution in [0.15, 0.2) is 24.3 Å². The molecule has 146 valence electrons. The molecule has 4 saturated carbocycles. The maximum Gasteiger partial charge on any atom is 0.414 e. The monoisotopic (exact) mass is 380 g/mol. The van der Waals surface area contributed by atoms with Gasteiger partial charge in [-0.2, -0.15) is 0 Å². The first kappa shape index (κ1) is 15.9. The van der Waals surface area contributed by atoms with Crippen molar-refractivity contribution in [2.75, 3.05) is 25.1 Å². The van der Waals surface area contributed by atoms with Crippen LogP contribution in [0.3, 0.4) is 0 Å². The molecule has 28 heavy (non-hydrogen) atoms. The SMILES string of the molecule is COC(=O)N1c2ccccc2[C@]23C4CN5CCCC6(CCC12C(O)(C6)C4=O)[C@@H]53. The average molecular weight is 380 g/mol. The van der Waals surface area contributed by atoms with E-state index in [1.165, 1.54) is 7.11 Å². The number of carbonyl (C=O) groups excluding carboxylic acids is 2. The number of ether oxygens (including phenoxy) is 1. The molecule has 6 fully saturated rings. The van der Waals surface area contributed by atoms with Crippen LogP contribution in [0.5, 0.6) is 0 Å².